The number of aliphatic carboxylic acids is 3. The standard InChI is InChI=1S/C43H65N9O14S2.C2HF3O2/c1-5-23(3)35-41(63)51-36(24(4)53)42(64)48-29(20-33(55)56)38(60)49-30(43(65)52-17-8-10-31(52)40(62)47-27(9-7-16-44)37(59)45-21-34(57)58)22-68-67-18-15-32(54)46-28(39(61)50-35)19-25-11-13-26(14-12-25)66-6-2;3-2(4,5)1(6)7/h11-14,23-24,27-31,35-36,53H,5-10,15-22,44H2,1-4H3,(H,45,59)(H,46,54)(H,47,62)(H,48,64)(H,49,60)(H,50,61)(H,51,63)(H,55,56)(H,57,58);(H,6,7)/t23-,24+,27-,28+,29-,30-,31-,35-,36-;/m0./s1. The van der Waals surface area contributed by atoms with Crippen molar-refractivity contribution in [2.24, 2.45) is 11.7 Å². The fourth-order valence-corrected chi connectivity index (χ4v) is 9.40. The fraction of sp³-hybridized carbons (Fsp3) is 0.622. The van der Waals surface area contributed by atoms with E-state index < -0.39 is 139 Å². The van der Waals surface area contributed by atoms with Crippen LogP contribution in [-0.2, 0) is 59.2 Å². The molecule has 13 N–H and O–H groups in total. The highest BCUT2D eigenvalue weighted by Crippen LogP contribution is 2.26. The Hall–Kier alpha value is -6.40. The summed E-state index contributed by atoms with van der Waals surface area (Å²) in [7, 11) is 2.20. The van der Waals surface area contributed by atoms with Crippen LogP contribution in [0.25, 0.3) is 0 Å². The molecule has 30 heteroatoms. The molecule has 420 valence electrons. The van der Waals surface area contributed by atoms with Crippen molar-refractivity contribution in [2.75, 3.05) is 37.7 Å². The van der Waals surface area contributed by atoms with E-state index in [4.69, 9.17) is 25.5 Å². The highest BCUT2D eigenvalue weighted by atomic mass is 33.1. The summed E-state index contributed by atoms with van der Waals surface area (Å²) >= 11 is 0. The van der Waals surface area contributed by atoms with E-state index in [9.17, 15) is 71.3 Å². The molecule has 0 aromatic heterocycles. The number of benzene rings is 1. The number of carboxylic acids is 3. The molecule has 2 heterocycles. The molecule has 75 heavy (non-hydrogen) atoms. The fourth-order valence-electron chi connectivity index (χ4n) is 7.25. The van der Waals surface area contributed by atoms with E-state index in [1.54, 1.807) is 38.1 Å². The van der Waals surface area contributed by atoms with E-state index in [0.717, 1.165) is 21.6 Å². The summed E-state index contributed by atoms with van der Waals surface area (Å²) in [5.41, 5.74) is 6.27. The molecule has 2 aliphatic rings. The number of nitrogens with zero attached hydrogens (tertiary/aromatic N) is 1. The Morgan fingerprint density at radius 1 is 0.853 bits per heavy atom. The molecule has 9 atom stereocenters. The van der Waals surface area contributed by atoms with Crippen LogP contribution < -0.4 is 47.7 Å². The minimum Gasteiger partial charge on any atom is -0.494 e. The molecule has 0 bridgehead atoms. The summed E-state index contributed by atoms with van der Waals surface area (Å²) in [6.45, 7) is 6.34. The Labute approximate surface area is 437 Å². The van der Waals surface area contributed by atoms with Crippen molar-refractivity contribution >= 4 is 86.8 Å². The number of rotatable bonds is 18. The van der Waals surface area contributed by atoms with Crippen LogP contribution in [0.5, 0.6) is 5.75 Å². The average molecular weight is 1110 g/mol. The van der Waals surface area contributed by atoms with Gasteiger partial charge in [0.25, 0.3) is 0 Å². The Bertz CT molecular complexity index is 2160. The van der Waals surface area contributed by atoms with Crippen molar-refractivity contribution in [3.63, 3.8) is 0 Å². The van der Waals surface area contributed by atoms with Gasteiger partial charge in [-0.3, -0.25) is 47.9 Å². The smallest absolute Gasteiger partial charge is 0.490 e. The Balaban J connectivity index is 0.00000256. The minimum absolute atomic E-state index is 0.00959. The van der Waals surface area contributed by atoms with Crippen molar-refractivity contribution in [2.45, 2.75) is 134 Å². The first-order valence-corrected chi connectivity index (χ1v) is 26.2. The molecule has 1 aromatic carbocycles. The van der Waals surface area contributed by atoms with Gasteiger partial charge in [-0.05, 0) is 69.7 Å². The second-order valence-electron chi connectivity index (χ2n) is 17.2. The van der Waals surface area contributed by atoms with Gasteiger partial charge in [0.15, 0.2) is 0 Å². The first-order chi connectivity index (χ1) is 35.2. The van der Waals surface area contributed by atoms with E-state index in [-0.39, 0.29) is 50.3 Å². The zero-order chi connectivity index (χ0) is 56.6. The van der Waals surface area contributed by atoms with Crippen LogP contribution in [0.2, 0.25) is 0 Å². The molecule has 0 radical (unpaired) electrons. The lowest BCUT2D eigenvalue weighted by atomic mass is 9.96. The lowest BCUT2D eigenvalue weighted by molar-refractivity contribution is -0.192. The first-order valence-electron chi connectivity index (χ1n) is 23.7. The van der Waals surface area contributed by atoms with Crippen LogP contribution in [0.15, 0.2) is 24.3 Å². The number of aliphatic hydroxyl groups excluding tert-OH is 1. The zero-order valence-corrected chi connectivity index (χ0v) is 43.2. The molecule has 0 aliphatic carbocycles. The van der Waals surface area contributed by atoms with Crippen LogP contribution in [0.4, 0.5) is 13.2 Å². The van der Waals surface area contributed by atoms with Crippen molar-refractivity contribution in [1.82, 2.24) is 42.1 Å². The maximum atomic E-state index is 14.4. The molecule has 1 aromatic rings. The lowest BCUT2D eigenvalue weighted by Crippen LogP contribution is -2.62. The van der Waals surface area contributed by atoms with Gasteiger partial charge in [0.05, 0.1) is 19.1 Å². The van der Waals surface area contributed by atoms with Gasteiger partial charge in [-0.25, -0.2) is 4.79 Å². The van der Waals surface area contributed by atoms with Gasteiger partial charge in [0, 0.05) is 30.9 Å². The third kappa shape index (κ3) is 22.5. The second kappa shape index (κ2) is 32.1. The van der Waals surface area contributed by atoms with E-state index in [2.05, 4.69) is 37.2 Å². The topological polar surface area (TPSA) is 391 Å². The molecule has 3 rings (SSSR count). The average Bonchev–Trinajstić information content (AvgIpc) is 3.84. The number of carbonyl (C=O) groups is 11. The summed E-state index contributed by atoms with van der Waals surface area (Å²) < 4.78 is 37.3. The Morgan fingerprint density at radius 2 is 1.47 bits per heavy atom. The predicted octanol–water partition coefficient (Wildman–Crippen LogP) is -1.21. The summed E-state index contributed by atoms with van der Waals surface area (Å²) in [6.07, 6.45) is -6.62. The molecule has 0 unspecified atom stereocenters. The number of alkyl halides is 3. The Morgan fingerprint density at radius 3 is 2.03 bits per heavy atom. The van der Waals surface area contributed by atoms with Crippen LogP contribution in [0.1, 0.15) is 78.2 Å². The number of nitrogens with one attached hydrogen (secondary N) is 7. The molecular weight excluding hydrogens is 1040 g/mol. The first kappa shape index (κ1) is 64.7. The highest BCUT2D eigenvalue weighted by molar-refractivity contribution is 8.76. The van der Waals surface area contributed by atoms with E-state index >= 15 is 0 Å². The van der Waals surface area contributed by atoms with E-state index in [1.165, 1.54) is 11.8 Å². The number of aliphatic hydroxyl groups is 1. The summed E-state index contributed by atoms with van der Waals surface area (Å²) in [5.74, 6) is -12.3. The Kier molecular flexibility index (Phi) is 27.7. The van der Waals surface area contributed by atoms with Crippen LogP contribution in [0, 0.1) is 5.92 Å². The molecule has 0 saturated carbocycles. The van der Waals surface area contributed by atoms with Crippen molar-refractivity contribution in [3.05, 3.63) is 29.8 Å². The maximum Gasteiger partial charge on any atom is 0.490 e. The zero-order valence-electron chi connectivity index (χ0n) is 41.6. The van der Waals surface area contributed by atoms with Gasteiger partial charge in [0.1, 0.15) is 54.6 Å². The minimum atomic E-state index is -5.08. The predicted molar refractivity (Wildman–Crippen MR) is 263 cm³/mol. The molecular formula is C45H66F3N9O16S2. The third-order valence-electron chi connectivity index (χ3n) is 11.4. The normalized spacial score (nSPS) is 22.6. The van der Waals surface area contributed by atoms with Gasteiger partial charge in [-0.15, -0.1) is 0 Å². The molecule has 25 nitrogen and oxygen atoms in total. The van der Waals surface area contributed by atoms with E-state index in [1.807, 2.05) is 6.92 Å². The number of carbonyl (C=O) groups excluding carboxylic acids is 8. The summed E-state index contributed by atoms with van der Waals surface area (Å²) in [6, 6.07) is -3.05. The quantitative estimate of drug-likeness (QED) is 0.0767. The highest BCUT2D eigenvalue weighted by Gasteiger charge is 2.41. The number of carboxylic acid groups (broad SMARTS) is 3. The van der Waals surface area contributed by atoms with Gasteiger partial charge >= 0.3 is 24.1 Å². The maximum absolute atomic E-state index is 14.4. The molecule has 8 amide bonds. The van der Waals surface area contributed by atoms with Crippen LogP contribution >= 0.6 is 21.6 Å². The van der Waals surface area contributed by atoms with Gasteiger partial charge in [-0.1, -0.05) is 54.0 Å². The number of hydrogen-bond donors (Lipinski definition) is 12. The third-order valence-corrected chi connectivity index (χ3v) is 13.8. The number of halogens is 3. The van der Waals surface area contributed by atoms with Crippen molar-refractivity contribution in [3.8, 4) is 5.75 Å². The lowest BCUT2D eigenvalue weighted by Gasteiger charge is -2.31. The summed E-state index contributed by atoms with van der Waals surface area (Å²) in [4.78, 5) is 143. The number of hydrogen-bond acceptors (Lipinski definition) is 16. The van der Waals surface area contributed by atoms with Gasteiger partial charge < -0.3 is 73.0 Å². The van der Waals surface area contributed by atoms with Crippen LogP contribution in [0.3, 0.4) is 0 Å². The van der Waals surface area contributed by atoms with E-state index in [0.29, 0.717) is 37.2 Å². The second-order valence-corrected chi connectivity index (χ2v) is 19.8. The largest absolute Gasteiger partial charge is 0.494 e. The number of amides is 8. The number of nitrogens with two attached hydrogens (primary N) is 1. The van der Waals surface area contributed by atoms with Crippen molar-refractivity contribution < 1.29 is 91.1 Å². The molecule has 0 spiro atoms. The monoisotopic (exact) mass is 1110 g/mol. The number of ether oxygens (including phenoxy) is 1. The molecule has 2 saturated heterocycles. The number of likely N-dealkylation sites (tertiary alicyclic amines) is 1. The SMILES string of the molecule is CCOc1ccc(C[C@H]2NC(=O)CCSSC[C@@H](C(=O)N3CCC[C@H]3C(=O)N[C@@H](CCCN)C(=O)NCC(=O)O)NC(=O)[C@H](CC(=O)O)NC(=O)[C@H]([C@@H](C)O)NC(=O)[C@H]([C@@H](C)CC)NC2=O)cc1.O=C(O)C(F)(F)F. The molecule has 2 fully saturated rings. The van der Waals surface area contributed by atoms with Crippen molar-refractivity contribution in [1.29, 1.82) is 0 Å². The summed E-state index contributed by atoms with van der Waals surface area (Å²) in [5, 5.41) is 54.2. The van der Waals surface area contributed by atoms with Gasteiger partial charge in [-0.2, -0.15) is 13.2 Å². The molecule has 2 aliphatic heterocycles. The van der Waals surface area contributed by atoms with Gasteiger partial charge in [0.2, 0.25) is 47.3 Å². The van der Waals surface area contributed by atoms with Crippen LogP contribution in [-0.4, -0.2) is 183 Å².